The molecular formula is C16H26N2O2. The standard InChI is InChI=1S/C16H26N2O2/c19-13-16(20)12-18(11-14-6-5-9-17-10-14)15-7-3-1-2-4-8-15/h5-6,9-10,15-16,19-20H,1-4,7-8,11-13H2. The van der Waals surface area contributed by atoms with E-state index >= 15 is 0 Å². The van der Waals surface area contributed by atoms with Gasteiger partial charge in [-0.1, -0.05) is 31.7 Å². The monoisotopic (exact) mass is 278 g/mol. The van der Waals surface area contributed by atoms with E-state index in [9.17, 15) is 5.11 Å². The van der Waals surface area contributed by atoms with Gasteiger partial charge >= 0.3 is 0 Å². The number of aliphatic hydroxyl groups excluding tert-OH is 2. The molecule has 1 aliphatic carbocycles. The fourth-order valence-corrected chi connectivity index (χ4v) is 3.02. The molecular weight excluding hydrogens is 252 g/mol. The Bertz CT molecular complexity index is 364. The van der Waals surface area contributed by atoms with Crippen LogP contribution in [0.1, 0.15) is 44.1 Å². The molecule has 1 unspecified atom stereocenters. The molecule has 2 N–H and O–H groups in total. The van der Waals surface area contributed by atoms with Gasteiger partial charge in [-0.25, -0.2) is 0 Å². The molecule has 112 valence electrons. The minimum absolute atomic E-state index is 0.170. The van der Waals surface area contributed by atoms with Gasteiger partial charge in [0.05, 0.1) is 12.7 Å². The first-order valence-corrected chi connectivity index (χ1v) is 7.71. The molecule has 2 rings (SSSR count). The van der Waals surface area contributed by atoms with E-state index in [-0.39, 0.29) is 6.61 Å². The van der Waals surface area contributed by atoms with Crippen molar-refractivity contribution < 1.29 is 10.2 Å². The molecule has 0 aliphatic heterocycles. The topological polar surface area (TPSA) is 56.6 Å². The van der Waals surface area contributed by atoms with Gasteiger partial charge in [0.2, 0.25) is 0 Å². The smallest absolute Gasteiger partial charge is 0.0897 e. The van der Waals surface area contributed by atoms with E-state index in [1.165, 1.54) is 44.1 Å². The Morgan fingerprint density at radius 3 is 2.60 bits per heavy atom. The summed E-state index contributed by atoms with van der Waals surface area (Å²) in [7, 11) is 0. The molecule has 1 aromatic rings. The number of rotatable bonds is 6. The number of aromatic nitrogens is 1. The predicted octanol–water partition coefficient (Wildman–Crippen LogP) is 1.96. The van der Waals surface area contributed by atoms with Crippen LogP contribution < -0.4 is 0 Å². The summed E-state index contributed by atoms with van der Waals surface area (Å²) in [5.41, 5.74) is 1.17. The van der Waals surface area contributed by atoms with Gasteiger partial charge in [0.15, 0.2) is 0 Å². The fraction of sp³-hybridized carbons (Fsp3) is 0.688. The number of hydrogen-bond acceptors (Lipinski definition) is 4. The summed E-state index contributed by atoms with van der Waals surface area (Å²) >= 11 is 0. The van der Waals surface area contributed by atoms with E-state index in [0.29, 0.717) is 12.6 Å². The van der Waals surface area contributed by atoms with E-state index in [2.05, 4.69) is 16.0 Å². The van der Waals surface area contributed by atoms with Crippen LogP contribution in [0, 0.1) is 0 Å². The Balaban J connectivity index is 2.02. The van der Waals surface area contributed by atoms with Crippen molar-refractivity contribution in [3.63, 3.8) is 0 Å². The average Bonchev–Trinajstić information content (AvgIpc) is 2.76. The molecule has 20 heavy (non-hydrogen) atoms. The number of pyridine rings is 1. The quantitative estimate of drug-likeness (QED) is 0.781. The van der Waals surface area contributed by atoms with Crippen molar-refractivity contribution in [3.8, 4) is 0 Å². The largest absolute Gasteiger partial charge is 0.394 e. The molecule has 1 atom stereocenters. The maximum atomic E-state index is 9.80. The molecule has 0 amide bonds. The highest BCUT2D eigenvalue weighted by Crippen LogP contribution is 2.23. The van der Waals surface area contributed by atoms with Crippen LogP contribution >= 0.6 is 0 Å². The molecule has 0 bridgehead atoms. The molecule has 0 spiro atoms. The summed E-state index contributed by atoms with van der Waals surface area (Å²) in [5.74, 6) is 0. The van der Waals surface area contributed by atoms with Crippen molar-refractivity contribution in [2.75, 3.05) is 13.2 Å². The zero-order chi connectivity index (χ0) is 14.2. The van der Waals surface area contributed by atoms with Crippen LogP contribution in [-0.2, 0) is 6.54 Å². The predicted molar refractivity (Wildman–Crippen MR) is 79.2 cm³/mol. The third kappa shape index (κ3) is 4.85. The van der Waals surface area contributed by atoms with Crippen LogP contribution in [0.5, 0.6) is 0 Å². The fourth-order valence-electron chi connectivity index (χ4n) is 3.02. The highest BCUT2D eigenvalue weighted by Gasteiger charge is 2.22. The molecule has 0 saturated heterocycles. The third-order valence-electron chi connectivity index (χ3n) is 4.11. The summed E-state index contributed by atoms with van der Waals surface area (Å²) in [4.78, 5) is 6.48. The summed E-state index contributed by atoms with van der Waals surface area (Å²) in [5, 5.41) is 18.9. The first-order chi connectivity index (χ1) is 9.79. The summed E-state index contributed by atoms with van der Waals surface area (Å²) < 4.78 is 0. The molecule has 1 fully saturated rings. The molecule has 4 nitrogen and oxygen atoms in total. The normalized spacial score (nSPS) is 18.9. The van der Waals surface area contributed by atoms with Gasteiger partial charge in [0.25, 0.3) is 0 Å². The van der Waals surface area contributed by atoms with Gasteiger partial charge < -0.3 is 10.2 Å². The van der Waals surface area contributed by atoms with Crippen LogP contribution in [-0.4, -0.2) is 45.4 Å². The number of hydrogen-bond donors (Lipinski definition) is 2. The molecule has 1 aromatic heterocycles. The minimum atomic E-state index is -0.657. The van der Waals surface area contributed by atoms with Gasteiger partial charge in [-0.15, -0.1) is 0 Å². The van der Waals surface area contributed by atoms with Gasteiger partial charge in [0.1, 0.15) is 0 Å². The maximum Gasteiger partial charge on any atom is 0.0897 e. The first-order valence-electron chi connectivity index (χ1n) is 7.71. The summed E-state index contributed by atoms with van der Waals surface area (Å²) in [6, 6.07) is 4.53. The first kappa shape index (κ1) is 15.4. The Hall–Kier alpha value is -0.970. The van der Waals surface area contributed by atoms with Crippen molar-refractivity contribution in [1.82, 2.24) is 9.88 Å². The van der Waals surface area contributed by atoms with Crippen LogP contribution in [0.2, 0.25) is 0 Å². The Labute approximate surface area is 121 Å². The van der Waals surface area contributed by atoms with E-state index in [1.807, 2.05) is 12.3 Å². The number of nitrogens with zero attached hydrogens (tertiary/aromatic N) is 2. The maximum absolute atomic E-state index is 9.80. The number of aliphatic hydroxyl groups is 2. The lowest BCUT2D eigenvalue weighted by Crippen LogP contribution is -2.41. The van der Waals surface area contributed by atoms with Gasteiger partial charge in [-0.2, -0.15) is 0 Å². The van der Waals surface area contributed by atoms with Crippen molar-refractivity contribution in [3.05, 3.63) is 30.1 Å². The zero-order valence-electron chi connectivity index (χ0n) is 12.1. The third-order valence-corrected chi connectivity index (χ3v) is 4.11. The Kier molecular flexibility index (Phi) is 6.43. The van der Waals surface area contributed by atoms with Gasteiger partial charge in [-0.05, 0) is 24.5 Å². The summed E-state index contributed by atoms with van der Waals surface area (Å²) in [6.45, 7) is 1.17. The van der Waals surface area contributed by atoms with E-state index in [4.69, 9.17) is 5.11 Å². The second kappa shape index (κ2) is 8.35. The van der Waals surface area contributed by atoms with Gasteiger partial charge in [-0.3, -0.25) is 9.88 Å². The average molecular weight is 278 g/mol. The highest BCUT2D eigenvalue weighted by molar-refractivity contribution is 5.08. The minimum Gasteiger partial charge on any atom is -0.394 e. The lowest BCUT2D eigenvalue weighted by atomic mass is 10.1. The van der Waals surface area contributed by atoms with E-state index in [0.717, 1.165) is 6.54 Å². The SMILES string of the molecule is OCC(O)CN(Cc1cccnc1)C1CCCCCC1. The van der Waals surface area contributed by atoms with Crippen LogP contribution in [0.15, 0.2) is 24.5 Å². The van der Waals surface area contributed by atoms with Crippen molar-refractivity contribution in [2.45, 2.75) is 57.2 Å². The van der Waals surface area contributed by atoms with Crippen LogP contribution in [0.3, 0.4) is 0 Å². The lowest BCUT2D eigenvalue weighted by molar-refractivity contribution is 0.0378. The van der Waals surface area contributed by atoms with Crippen molar-refractivity contribution in [2.24, 2.45) is 0 Å². The van der Waals surface area contributed by atoms with E-state index < -0.39 is 6.10 Å². The molecule has 1 heterocycles. The highest BCUT2D eigenvalue weighted by atomic mass is 16.3. The Morgan fingerprint density at radius 1 is 1.25 bits per heavy atom. The van der Waals surface area contributed by atoms with Gasteiger partial charge in [0, 0.05) is 31.5 Å². The molecule has 1 aliphatic rings. The Morgan fingerprint density at radius 2 is 2.00 bits per heavy atom. The zero-order valence-corrected chi connectivity index (χ0v) is 12.1. The second-order valence-corrected chi connectivity index (χ2v) is 5.77. The van der Waals surface area contributed by atoms with Crippen LogP contribution in [0.25, 0.3) is 0 Å². The van der Waals surface area contributed by atoms with Crippen molar-refractivity contribution in [1.29, 1.82) is 0 Å². The molecule has 4 heteroatoms. The summed E-state index contributed by atoms with van der Waals surface area (Å²) in [6.07, 6.45) is 10.6. The molecule has 1 saturated carbocycles. The lowest BCUT2D eigenvalue weighted by Gasteiger charge is -2.32. The molecule has 0 aromatic carbocycles. The molecule has 0 radical (unpaired) electrons. The van der Waals surface area contributed by atoms with Crippen molar-refractivity contribution >= 4 is 0 Å². The van der Waals surface area contributed by atoms with Crippen LogP contribution in [0.4, 0.5) is 0 Å². The van der Waals surface area contributed by atoms with E-state index in [1.54, 1.807) is 6.20 Å². The second-order valence-electron chi connectivity index (χ2n) is 5.77.